The Hall–Kier alpha value is -2.38. The van der Waals surface area contributed by atoms with Crippen LogP contribution in [0.15, 0.2) is 41.4 Å². The highest BCUT2D eigenvalue weighted by atomic mass is 35.5. The zero-order valence-electron chi connectivity index (χ0n) is 14.5. The maximum atomic E-state index is 12.3. The molecule has 1 aliphatic heterocycles. The van der Waals surface area contributed by atoms with Crippen LogP contribution in [0, 0.1) is 0 Å². The molecule has 1 atom stereocenters. The fourth-order valence-electron chi connectivity index (χ4n) is 2.92. The average Bonchev–Trinajstić information content (AvgIpc) is 3.06. The van der Waals surface area contributed by atoms with E-state index in [1.165, 1.54) is 16.2 Å². The van der Waals surface area contributed by atoms with Gasteiger partial charge in [-0.2, -0.15) is 0 Å². The van der Waals surface area contributed by atoms with E-state index in [1.807, 2.05) is 25.1 Å². The summed E-state index contributed by atoms with van der Waals surface area (Å²) in [5, 5.41) is 2.86. The van der Waals surface area contributed by atoms with Crippen molar-refractivity contribution in [2.45, 2.75) is 25.3 Å². The lowest BCUT2D eigenvalue weighted by atomic mass is 9.83. The molecule has 2 aromatic rings. The van der Waals surface area contributed by atoms with Crippen LogP contribution in [-0.2, 0) is 10.3 Å². The number of nitrogens with zero attached hydrogens (tertiary/aromatic N) is 2. The molecule has 2 heterocycles. The minimum atomic E-state index is -0.722. The lowest BCUT2D eigenvalue weighted by Gasteiger charge is -2.36. The largest absolute Gasteiger partial charge is 0.369 e. The van der Waals surface area contributed by atoms with Gasteiger partial charge in [0, 0.05) is 12.7 Å². The number of hydrogen-bond donors (Lipinski definition) is 2. The first-order valence-corrected chi connectivity index (χ1v) is 9.33. The molecule has 0 spiro atoms. The van der Waals surface area contributed by atoms with E-state index in [0.717, 1.165) is 5.56 Å². The molecule has 1 aromatic carbocycles. The second kappa shape index (κ2) is 7.09. The number of guanidine groups is 1. The van der Waals surface area contributed by atoms with Crippen molar-refractivity contribution in [2.24, 2.45) is 10.7 Å². The highest BCUT2D eigenvalue weighted by molar-refractivity contribution is 7.18. The summed E-state index contributed by atoms with van der Waals surface area (Å²) in [4.78, 5) is 31.1. The summed E-state index contributed by atoms with van der Waals surface area (Å²) in [6.07, 6.45) is 0.851. The molecule has 26 heavy (non-hydrogen) atoms. The third-order valence-corrected chi connectivity index (χ3v) is 5.76. The Kier molecular flexibility index (Phi) is 5.02. The van der Waals surface area contributed by atoms with Crippen LogP contribution in [0.1, 0.15) is 35.0 Å². The van der Waals surface area contributed by atoms with Crippen molar-refractivity contribution in [1.82, 2.24) is 4.90 Å². The van der Waals surface area contributed by atoms with Gasteiger partial charge >= 0.3 is 0 Å². The number of carbonyl (C=O) groups is 2. The number of carbonyl (C=O) groups excluding carboxylic acids is 2. The van der Waals surface area contributed by atoms with E-state index in [4.69, 9.17) is 17.3 Å². The Labute approximate surface area is 160 Å². The van der Waals surface area contributed by atoms with Crippen LogP contribution < -0.4 is 11.1 Å². The van der Waals surface area contributed by atoms with Crippen molar-refractivity contribution in [2.75, 3.05) is 12.4 Å². The number of thiophene rings is 1. The summed E-state index contributed by atoms with van der Waals surface area (Å²) in [5.74, 6) is -0.111. The highest BCUT2D eigenvalue weighted by Crippen LogP contribution is 2.37. The second-order valence-corrected chi connectivity index (χ2v) is 7.84. The molecule has 0 saturated carbocycles. The summed E-state index contributed by atoms with van der Waals surface area (Å²) in [6.45, 7) is 1.97. The number of amides is 2. The number of benzene rings is 1. The molecular weight excluding hydrogens is 372 g/mol. The smallest absolute Gasteiger partial charge is 0.265 e. The monoisotopic (exact) mass is 390 g/mol. The van der Waals surface area contributed by atoms with Crippen molar-refractivity contribution < 1.29 is 9.59 Å². The summed E-state index contributed by atoms with van der Waals surface area (Å²) >= 11 is 7.10. The SMILES string of the molecule is CC[C@@]1(c2cccc(NC(=O)c3ccc(Cl)s3)c2)CC(=O)N(C)C(N)=N1. The predicted molar refractivity (Wildman–Crippen MR) is 105 cm³/mol. The molecule has 3 N–H and O–H groups in total. The molecule has 0 unspecified atom stereocenters. The third kappa shape index (κ3) is 3.45. The van der Waals surface area contributed by atoms with E-state index in [2.05, 4.69) is 10.3 Å². The molecule has 0 bridgehead atoms. The number of aliphatic imine (C=N–C) groups is 1. The molecule has 1 aromatic heterocycles. The van der Waals surface area contributed by atoms with E-state index >= 15 is 0 Å². The van der Waals surface area contributed by atoms with Crippen LogP contribution >= 0.6 is 22.9 Å². The Morgan fingerprint density at radius 3 is 2.81 bits per heavy atom. The number of anilines is 1. The molecule has 136 valence electrons. The number of nitrogens with one attached hydrogen (secondary N) is 1. The van der Waals surface area contributed by atoms with E-state index < -0.39 is 5.54 Å². The molecule has 6 nitrogen and oxygen atoms in total. The van der Waals surface area contributed by atoms with Crippen molar-refractivity contribution in [3.8, 4) is 0 Å². The lowest BCUT2D eigenvalue weighted by Crippen LogP contribution is -2.48. The number of halogens is 1. The van der Waals surface area contributed by atoms with Crippen LogP contribution in [0.5, 0.6) is 0 Å². The van der Waals surface area contributed by atoms with Crippen molar-refractivity contribution in [3.63, 3.8) is 0 Å². The zero-order valence-corrected chi connectivity index (χ0v) is 16.0. The normalized spacial score (nSPS) is 20.0. The molecule has 3 rings (SSSR count). The second-order valence-electron chi connectivity index (χ2n) is 6.12. The van der Waals surface area contributed by atoms with Gasteiger partial charge in [-0.05, 0) is 36.2 Å². The molecule has 0 fully saturated rings. The molecule has 8 heteroatoms. The predicted octanol–water partition coefficient (Wildman–Crippen LogP) is 3.44. The first-order valence-electron chi connectivity index (χ1n) is 8.14. The van der Waals surface area contributed by atoms with Crippen molar-refractivity contribution in [3.05, 3.63) is 51.2 Å². The topological polar surface area (TPSA) is 87.8 Å². The Morgan fingerprint density at radius 2 is 2.19 bits per heavy atom. The van der Waals surface area contributed by atoms with Gasteiger partial charge in [0.1, 0.15) is 0 Å². The maximum absolute atomic E-state index is 12.3. The molecule has 0 saturated heterocycles. The van der Waals surface area contributed by atoms with E-state index in [0.29, 0.717) is 21.3 Å². The van der Waals surface area contributed by atoms with Gasteiger partial charge in [-0.25, -0.2) is 4.99 Å². The van der Waals surface area contributed by atoms with E-state index in [1.54, 1.807) is 25.2 Å². The van der Waals surface area contributed by atoms with Gasteiger partial charge in [-0.1, -0.05) is 30.7 Å². The Morgan fingerprint density at radius 1 is 1.42 bits per heavy atom. The van der Waals surface area contributed by atoms with Crippen LogP contribution in [0.25, 0.3) is 0 Å². The summed E-state index contributed by atoms with van der Waals surface area (Å²) in [5.41, 5.74) is 6.68. The molecule has 0 aliphatic carbocycles. The van der Waals surface area contributed by atoms with Crippen molar-refractivity contribution in [1.29, 1.82) is 0 Å². The first-order chi connectivity index (χ1) is 12.3. The minimum Gasteiger partial charge on any atom is -0.369 e. The zero-order chi connectivity index (χ0) is 18.9. The number of rotatable bonds is 4. The van der Waals surface area contributed by atoms with E-state index in [-0.39, 0.29) is 24.2 Å². The number of hydrogen-bond acceptors (Lipinski definition) is 5. The maximum Gasteiger partial charge on any atom is 0.265 e. The first kappa shape index (κ1) is 18.4. The fourth-order valence-corrected chi connectivity index (χ4v) is 3.86. The Balaban J connectivity index is 1.91. The molecular formula is C18H19ClN4O2S. The van der Waals surface area contributed by atoms with Gasteiger partial charge in [0.15, 0.2) is 5.96 Å². The minimum absolute atomic E-state index is 0.0815. The van der Waals surface area contributed by atoms with Crippen molar-refractivity contribution >= 4 is 46.4 Å². The van der Waals surface area contributed by atoms with Gasteiger partial charge in [0.25, 0.3) is 5.91 Å². The molecule has 1 aliphatic rings. The quantitative estimate of drug-likeness (QED) is 0.838. The third-order valence-electron chi connectivity index (χ3n) is 4.53. The van der Waals surface area contributed by atoms with E-state index in [9.17, 15) is 9.59 Å². The summed E-state index contributed by atoms with van der Waals surface area (Å²) < 4.78 is 0.559. The molecule has 0 radical (unpaired) electrons. The summed E-state index contributed by atoms with van der Waals surface area (Å²) in [7, 11) is 1.61. The van der Waals surface area contributed by atoms with Gasteiger partial charge < -0.3 is 11.1 Å². The van der Waals surface area contributed by atoms with Gasteiger partial charge in [0.2, 0.25) is 5.91 Å². The molecule has 2 amide bonds. The summed E-state index contributed by atoms with van der Waals surface area (Å²) in [6, 6.07) is 10.7. The Bertz CT molecular complexity index is 895. The van der Waals surface area contributed by atoms with Crippen LogP contribution in [0.2, 0.25) is 4.34 Å². The van der Waals surface area contributed by atoms with Gasteiger partial charge in [-0.3, -0.25) is 14.5 Å². The van der Waals surface area contributed by atoms with Gasteiger partial charge in [-0.15, -0.1) is 11.3 Å². The number of nitrogens with two attached hydrogens (primary N) is 1. The van der Waals surface area contributed by atoms with Gasteiger partial charge in [0.05, 0.1) is 21.2 Å². The van der Waals surface area contributed by atoms with Crippen LogP contribution in [0.3, 0.4) is 0 Å². The highest BCUT2D eigenvalue weighted by Gasteiger charge is 2.38. The average molecular weight is 391 g/mol. The van der Waals surface area contributed by atoms with Crippen LogP contribution in [0.4, 0.5) is 5.69 Å². The lowest BCUT2D eigenvalue weighted by molar-refractivity contribution is -0.128. The standard InChI is InChI=1S/C18H19ClN4O2S/c1-3-18(10-15(24)23(2)17(20)22-18)11-5-4-6-12(9-11)21-16(25)13-7-8-14(19)26-13/h4-9H,3,10H2,1-2H3,(H2,20,22)(H,21,25)/t18-/m0/s1. The fraction of sp³-hybridized carbons (Fsp3) is 0.278. The van der Waals surface area contributed by atoms with Crippen LogP contribution in [-0.4, -0.2) is 29.7 Å².